The van der Waals surface area contributed by atoms with Gasteiger partial charge in [-0.3, -0.25) is 0 Å². The Labute approximate surface area is 123 Å². The van der Waals surface area contributed by atoms with E-state index < -0.39 is 0 Å². The first-order valence-corrected chi connectivity index (χ1v) is 7.75. The first-order chi connectivity index (χ1) is 9.81. The zero-order chi connectivity index (χ0) is 14.2. The Morgan fingerprint density at radius 3 is 2.65 bits per heavy atom. The Morgan fingerprint density at radius 2 is 1.90 bits per heavy atom. The van der Waals surface area contributed by atoms with Gasteiger partial charge in [-0.2, -0.15) is 0 Å². The van der Waals surface area contributed by atoms with Gasteiger partial charge >= 0.3 is 0 Å². The molecule has 0 bridgehead atoms. The molecule has 20 heavy (non-hydrogen) atoms. The molecule has 110 valence electrons. The van der Waals surface area contributed by atoms with Crippen LogP contribution in [-0.4, -0.2) is 20.2 Å². The predicted octanol–water partition coefficient (Wildman–Crippen LogP) is 3.57. The summed E-state index contributed by atoms with van der Waals surface area (Å²) in [4.78, 5) is 0. The van der Waals surface area contributed by atoms with Crippen LogP contribution in [-0.2, 0) is 17.8 Å². The minimum atomic E-state index is 0.685. The van der Waals surface area contributed by atoms with Crippen LogP contribution >= 0.6 is 0 Å². The van der Waals surface area contributed by atoms with Gasteiger partial charge in [-0.1, -0.05) is 43.3 Å². The molecule has 0 radical (unpaired) electrons. The molecule has 1 aromatic rings. The fraction of sp³-hybridized carbons (Fsp3) is 0.556. The van der Waals surface area contributed by atoms with Gasteiger partial charge in [-0.15, -0.1) is 0 Å². The van der Waals surface area contributed by atoms with Crippen molar-refractivity contribution in [3.8, 4) is 0 Å². The van der Waals surface area contributed by atoms with E-state index in [-0.39, 0.29) is 0 Å². The Balaban J connectivity index is 1.82. The molecule has 1 aliphatic rings. The molecule has 0 heterocycles. The van der Waals surface area contributed by atoms with E-state index in [1.54, 1.807) is 0 Å². The fourth-order valence-corrected chi connectivity index (χ4v) is 2.76. The van der Waals surface area contributed by atoms with Crippen molar-refractivity contribution in [2.45, 2.75) is 32.8 Å². The Hall–Kier alpha value is -1.12. The van der Waals surface area contributed by atoms with E-state index in [9.17, 15) is 0 Å². The normalized spacial score (nSPS) is 22.1. The number of nitrogens with one attached hydrogen (secondary N) is 1. The summed E-state index contributed by atoms with van der Waals surface area (Å²) in [6, 6.07) is 8.62. The van der Waals surface area contributed by atoms with Gasteiger partial charge in [0.2, 0.25) is 0 Å². The van der Waals surface area contributed by atoms with Crippen LogP contribution in [0.5, 0.6) is 0 Å². The van der Waals surface area contributed by atoms with Crippen LogP contribution < -0.4 is 5.32 Å². The molecule has 2 heteroatoms. The third-order valence-corrected chi connectivity index (χ3v) is 4.27. The number of ether oxygens (including phenoxy) is 1. The van der Waals surface area contributed by atoms with Crippen LogP contribution in [0.4, 0.5) is 0 Å². The van der Waals surface area contributed by atoms with E-state index in [2.05, 4.69) is 48.7 Å². The number of allylic oxidation sites excluding steroid dienone is 2. The molecule has 0 saturated carbocycles. The summed E-state index contributed by atoms with van der Waals surface area (Å²) in [6.07, 6.45) is 8.04. The lowest BCUT2D eigenvalue weighted by molar-refractivity contribution is 0.0677. The second-order valence-electron chi connectivity index (χ2n) is 5.82. The van der Waals surface area contributed by atoms with Gasteiger partial charge in [0.1, 0.15) is 0 Å². The van der Waals surface area contributed by atoms with Gasteiger partial charge in [0.15, 0.2) is 0 Å². The lowest BCUT2D eigenvalue weighted by Gasteiger charge is -2.25. The smallest absolute Gasteiger partial charge is 0.0719 e. The molecule has 0 spiro atoms. The molecule has 0 fully saturated rings. The van der Waals surface area contributed by atoms with Crippen molar-refractivity contribution in [3.63, 3.8) is 0 Å². The van der Waals surface area contributed by atoms with Crippen LogP contribution in [0, 0.1) is 11.8 Å². The average molecular weight is 273 g/mol. The zero-order valence-electron chi connectivity index (χ0n) is 12.8. The lowest BCUT2D eigenvalue weighted by atomic mass is 9.85. The van der Waals surface area contributed by atoms with Crippen molar-refractivity contribution < 1.29 is 4.74 Å². The van der Waals surface area contributed by atoms with Gasteiger partial charge in [0.25, 0.3) is 0 Å². The highest BCUT2D eigenvalue weighted by Gasteiger charge is 2.18. The standard InChI is InChI=1S/C18H27NO/c1-15-7-3-4-9-17(15)13-20-14-18-10-6-5-8-16(18)11-12-19-2/h3-6,8,10,15,17,19H,7,9,11-14H2,1-2H3. The second-order valence-corrected chi connectivity index (χ2v) is 5.82. The van der Waals surface area contributed by atoms with Crippen molar-refractivity contribution in [2.75, 3.05) is 20.2 Å². The van der Waals surface area contributed by atoms with Crippen LogP contribution in [0.25, 0.3) is 0 Å². The van der Waals surface area contributed by atoms with Crippen LogP contribution in [0.3, 0.4) is 0 Å². The molecule has 2 atom stereocenters. The number of hydrogen-bond donors (Lipinski definition) is 1. The summed E-state index contributed by atoms with van der Waals surface area (Å²) >= 11 is 0. The minimum absolute atomic E-state index is 0.685. The summed E-state index contributed by atoms with van der Waals surface area (Å²) in [6.45, 7) is 4.97. The summed E-state index contributed by atoms with van der Waals surface area (Å²) < 4.78 is 6.00. The minimum Gasteiger partial charge on any atom is -0.376 e. The number of hydrogen-bond acceptors (Lipinski definition) is 2. The van der Waals surface area contributed by atoms with E-state index in [0.29, 0.717) is 5.92 Å². The first-order valence-electron chi connectivity index (χ1n) is 7.75. The van der Waals surface area contributed by atoms with E-state index >= 15 is 0 Å². The van der Waals surface area contributed by atoms with Gasteiger partial charge in [-0.05, 0) is 55.8 Å². The summed E-state index contributed by atoms with van der Waals surface area (Å²) in [5.41, 5.74) is 2.74. The zero-order valence-corrected chi connectivity index (χ0v) is 12.8. The molecular weight excluding hydrogens is 246 g/mol. The highest BCUT2D eigenvalue weighted by Crippen LogP contribution is 2.25. The van der Waals surface area contributed by atoms with Crippen LogP contribution in [0.1, 0.15) is 30.9 Å². The fourth-order valence-electron chi connectivity index (χ4n) is 2.76. The van der Waals surface area contributed by atoms with E-state index in [0.717, 1.165) is 32.1 Å². The van der Waals surface area contributed by atoms with E-state index in [4.69, 9.17) is 4.74 Å². The molecule has 1 aliphatic carbocycles. The van der Waals surface area contributed by atoms with Gasteiger partial charge in [-0.25, -0.2) is 0 Å². The third-order valence-electron chi connectivity index (χ3n) is 4.27. The van der Waals surface area contributed by atoms with Gasteiger partial charge in [0.05, 0.1) is 13.2 Å². The maximum absolute atomic E-state index is 6.00. The van der Waals surface area contributed by atoms with Gasteiger partial charge < -0.3 is 10.1 Å². The predicted molar refractivity (Wildman–Crippen MR) is 84.8 cm³/mol. The molecule has 0 aliphatic heterocycles. The van der Waals surface area contributed by atoms with Crippen LogP contribution in [0.15, 0.2) is 36.4 Å². The lowest BCUT2D eigenvalue weighted by Crippen LogP contribution is -2.19. The van der Waals surface area contributed by atoms with Crippen molar-refractivity contribution in [3.05, 3.63) is 47.5 Å². The molecular formula is C18H27NO. The SMILES string of the molecule is CNCCc1ccccc1COCC1CC=CCC1C. The third kappa shape index (κ3) is 4.46. The first kappa shape index (κ1) is 15.3. The Kier molecular flexibility index (Phi) is 6.28. The average Bonchev–Trinajstić information content (AvgIpc) is 2.48. The number of rotatable bonds is 7. The Bertz CT molecular complexity index is 427. The van der Waals surface area contributed by atoms with E-state index in [1.807, 2.05) is 7.05 Å². The maximum Gasteiger partial charge on any atom is 0.0719 e. The Morgan fingerprint density at radius 1 is 1.15 bits per heavy atom. The van der Waals surface area contributed by atoms with Crippen molar-refractivity contribution in [2.24, 2.45) is 11.8 Å². The van der Waals surface area contributed by atoms with Crippen molar-refractivity contribution >= 4 is 0 Å². The monoisotopic (exact) mass is 273 g/mol. The highest BCUT2D eigenvalue weighted by molar-refractivity contribution is 5.26. The van der Waals surface area contributed by atoms with Crippen molar-refractivity contribution in [1.82, 2.24) is 5.32 Å². The van der Waals surface area contributed by atoms with Crippen molar-refractivity contribution in [1.29, 1.82) is 0 Å². The highest BCUT2D eigenvalue weighted by atomic mass is 16.5. The van der Waals surface area contributed by atoms with Crippen LogP contribution in [0.2, 0.25) is 0 Å². The molecule has 1 N–H and O–H groups in total. The largest absolute Gasteiger partial charge is 0.376 e. The van der Waals surface area contributed by atoms with Gasteiger partial charge in [0, 0.05) is 0 Å². The number of likely N-dealkylation sites (N-methyl/N-ethyl adjacent to an activating group) is 1. The maximum atomic E-state index is 6.00. The summed E-state index contributed by atoms with van der Waals surface area (Å²) in [5.74, 6) is 1.43. The summed E-state index contributed by atoms with van der Waals surface area (Å²) in [7, 11) is 2.00. The molecule has 2 nitrogen and oxygen atoms in total. The number of benzene rings is 1. The molecule has 0 saturated heterocycles. The molecule has 2 rings (SSSR count). The molecule has 1 aromatic carbocycles. The quantitative estimate of drug-likeness (QED) is 0.767. The molecule has 0 aromatic heterocycles. The topological polar surface area (TPSA) is 21.3 Å². The molecule has 2 unspecified atom stereocenters. The summed E-state index contributed by atoms with van der Waals surface area (Å²) in [5, 5.41) is 3.21. The van der Waals surface area contributed by atoms with E-state index in [1.165, 1.54) is 24.0 Å². The second kappa shape index (κ2) is 8.23. The molecule has 0 amide bonds.